The second-order valence-corrected chi connectivity index (χ2v) is 5.68. The lowest BCUT2D eigenvalue weighted by Crippen LogP contribution is -2.02. The Hall–Kier alpha value is -0.770. The average Bonchev–Trinajstić information content (AvgIpc) is 2.42. The van der Waals surface area contributed by atoms with E-state index in [2.05, 4.69) is 18.2 Å². The first-order valence-electron chi connectivity index (χ1n) is 7.95. The third-order valence-corrected chi connectivity index (χ3v) is 4.03. The van der Waals surface area contributed by atoms with Crippen LogP contribution in [-0.4, -0.2) is 0 Å². The summed E-state index contributed by atoms with van der Waals surface area (Å²) in [6.07, 6.45) is 21.7. The monoisotopic (exact) mass is 247 g/mol. The minimum atomic E-state index is 0.746. The van der Waals surface area contributed by atoms with Crippen LogP contribution in [0.2, 0.25) is 0 Å². The van der Waals surface area contributed by atoms with Crippen molar-refractivity contribution < 1.29 is 0 Å². The van der Waals surface area contributed by atoms with Crippen LogP contribution in [0.3, 0.4) is 0 Å². The molecule has 0 amide bonds. The van der Waals surface area contributed by atoms with E-state index < -0.39 is 0 Å². The van der Waals surface area contributed by atoms with Gasteiger partial charge in [-0.05, 0) is 31.6 Å². The molecule has 0 aliphatic heterocycles. The number of hydrogen-bond acceptors (Lipinski definition) is 1. The fraction of sp³-hybridized carbons (Fsp3) is 0.824. The summed E-state index contributed by atoms with van der Waals surface area (Å²) in [6, 6.07) is 2.21. The molecule has 0 radical (unpaired) electrons. The normalized spacial score (nSPS) is 18.7. The smallest absolute Gasteiger partial charge is 0.0621 e. The van der Waals surface area contributed by atoms with Crippen molar-refractivity contribution in [3.63, 3.8) is 0 Å². The largest absolute Gasteiger partial charge is 0.198 e. The molecule has 1 nitrogen and oxygen atoms in total. The molecule has 1 rings (SSSR count). The van der Waals surface area contributed by atoms with Gasteiger partial charge < -0.3 is 0 Å². The summed E-state index contributed by atoms with van der Waals surface area (Å²) >= 11 is 0. The number of nitrogens with zero attached hydrogens (tertiary/aromatic N) is 1. The van der Waals surface area contributed by atoms with E-state index in [1.54, 1.807) is 0 Å². The van der Waals surface area contributed by atoms with Crippen LogP contribution in [0.1, 0.15) is 83.5 Å². The molecule has 1 atom stereocenters. The number of unbranched alkanes of at least 4 members (excludes halogenated alkanes) is 8. The van der Waals surface area contributed by atoms with Crippen molar-refractivity contribution in [2.24, 2.45) is 5.92 Å². The first-order valence-corrected chi connectivity index (χ1v) is 7.95. The third kappa shape index (κ3) is 8.34. The summed E-state index contributed by atoms with van der Waals surface area (Å²) in [5.74, 6) is 0.987. The van der Waals surface area contributed by atoms with Gasteiger partial charge in [-0.25, -0.2) is 0 Å². The van der Waals surface area contributed by atoms with Crippen LogP contribution in [0.4, 0.5) is 0 Å². The summed E-state index contributed by atoms with van der Waals surface area (Å²) in [5.41, 5.74) is 0. The predicted molar refractivity (Wildman–Crippen MR) is 78.3 cm³/mol. The molecule has 0 aromatic carbocycles. The molecule has 1 aliphatic rings. The lowest BCUT2D eigenvalue weighted by Gasteiger charge is -2.17. The molecule has 0 saturated heterocycles. The van der Waals surface area contributed by atoms with E-state index in [0.717, 1.165) is 18.8 Å². The van der Waals surface area contributed by atoms with E-state index in [4.69, 9.17) is 5.26 Å². The van der Waals surface area contributed by atoms with Gasteiger partial charge in [0, 0.05) is 6.42 Å². The molecule has 0 heterocycles. The summed E-state index contributed by atoms with van der Waals surface area (Å²) < 4.78 is 0. The molecule has 0 N–H and O–H groups in total. The van der Waals surface area contributed by atoms with Crippen LogP contribution in [0, 0.1) is 17.2 Å². The maximum Gasteiger partial charge on any atom is 0.0621 e. The summed E-state index contributed by atoms with van der Waals surface area (Å²) in [7, 11) is 0. The second kappa shape index (κ2) is 11.3. The Kier molecular flexibility index (Phi) is 9.62. The molecule has 0 aromatic rings. The van der Waals surface area contributed by atoms with Gasteiger partial charge in [-0.15, -0.1) is 0 Å². The standard InChI is InChI=1S/C17H29N/c18-16-12-7-5-3-1-2-4-6-9-13-17-14-10-8-11-15-17/h8,10,17H,1-7,9,11-15H2. The maximum absolute atomic E-state index is 8.42. The van der Waals surface area contributed by atoms with Gasteiger partial charge in [0.2, 0.25) is 0 Å². The van der Waals surface area contributed by atoms with Crippen molar-refractivity contribution >= 4 is 0 Å². The van der Waals surface area contributed by atoms with Gasteiger partial charge in [0.1, 0.15) is 0 Å². The Bertz CT molecular complexity index is 249. The van der Waals surface area contributed by atoms with E-state index in [-0.39, 0.29) is 0 Å². The maximum atomic E-state index is 8.42. The Morgan fingerprint density at radius 2 is 1.56 bits per heavy atom. The molecule has 0 spiro atoms. The molecule has 0 aromatic heterocycles. The van der Waals surface area contributed by atoms with E-state index >= 15 is 0 Å². The quantitative estimate of drug-likeness (QED) is 0.355. The van der Waals surface area contributed by atoms with Gasteiger partial charge in [-0.1, -0.05) is 63.5 Å². The highest BCUT2D eigenvalue weighted by Crippen LogP contribution is 2.24. The van der Waals surface area contributed by atoms with Crippen LogP contribution < -0.4 is 0 Å². The van der Waals surface area contributed by atoms with Crippen molar-refractivity contribution in [1.29, 1.82) is 5.26 Å². The van der Waals surface area contributed by atoms with Gasteiger partial charge >= 0.3 is 0 Å². The lowest BCUT2D eigenvalue weighted by molar-refractivity contribution is 0.418. The first kappa shape index (κ1) is 15.3. The molecule has 18 heavy (non-hydrogen) atoms. The number of allylic oxidation sites excluding steroid dienone is 2. The fourth-order valence-corrected chi connectivity index (χ4v) is 2.82. The van der Waals surface area contributed by atoms with Crippen molar-refractivity contribution in [1.82, 2.24) is 0 Å². The lowest BCUT2D eigenvalue weighted by atomic mass is 9.89. The van der Waals surface area contributed by atoms with Crippen molar-refractivity contribution in [2.45, 2.75) is 83.5 Å². The minimum absolute atomic E-state index is 0.746. The topological polar surface area (TPSA) is 23.8 Å². The number of nitriles is 1. The van der Waals surface area contributed by atoms with Gasteiger partial charge in [-0.2, -0.15) is 5.26 Å². The molecule has 0 fully saturated rings. The number of hydrogen-bond donors (Lipinski definition) is 0. The first-order chi connectivity index (χ1) is 8.93. The molecule has 1 aliphatic carbocycles. The van der Waals surface area contributed by atoms with Crippen molar-refractivity contribution in [3.05, 3.63) is 12.2 Å². The van der Waals surface area contributed by atoms with Crippen LogP contribution in [0.25, 0.3) is 0 Å². The fourth-order valence-electron chi connectivity index (χ4n) is 2.82. The van der Waals surface area contributed by atoms with Gasteiger partial charge in [0.15, 0.2) is 0 Å². The third-order valence-electron chi connectivity index (χ3n) is 4.03. The minimum Gasteiger partial charge on any atom is -0.198 e. The van der Waals surface area contributed by atoms with Crippen LogP contribution in [0.5, 0.6) is 0 Å². The molecule has 0 saturated carbocycles. The molecule has 1 unspecified atom stereocenters. The summed E-state index contributed by atoms with van der Waals surface area (Å²) in [4.78, 5) is 0. The van der Waals surface area contributed by atoms with E-state index in [0.29, 0.717) is 0 Å². The highest BCUT2D eigenvalue weighted by Gasteiger charge is 2.08. The van der Waals surface area contributed by atoms with Crippen LogP contribution in [-0.2, 0) is 0 Å². The average molecular weight is 247 g/mol. The van der Waals surface area contributed by atoms with E-state index in [1.165, 1.54) is 70.6 Å². The zero-order valence-corrected chi connectivity index (χ0v) is 11.9. The van der Waals surface area contributed by atoms with Crippen molar-refractivity contribution in [3.8, 4) is 6.07 Å². The highest BCUT2D eigenvalue weighted by molar-refractivity contribution is 4.89. The van der Waals surface area contributed by atoms with Crippen LogP contribution in [0.15, 0.2) is 12.2 Å². The van der Waals surface area contributed by atoms with Gasteiger partial charge in [0.05, 0.1) is 6.07 Å². The van der Waals surface area contributed by atoms with Crippen molar-refractivity contribution in [2.75, 3.05) is 0 Å². The highest BCUT2D eigenvalue weighted by atomic mass is 14.2. The predicted octanol–water partition coefficient (Wildman–Crippen LogP) is 5.77. The molecule has 1 heteroatoms. The SMILES string of the molecule is N#CCCCCCCCCCCC1CC=CCC1. The molecule has 102 valence electrons. The Morgan fingerprint density at radius 3 is 2.17 bits per heavy atom. The summed E-state index contributed by atoms with van der Waals surface area (Å²) in [6.45, 7) is 0. The number of rotatable bonds is 10. The van der Waals surface area contributed by atoms with Crippen LogP contribution >= 0.6 is 0 Å². The Balaban J connectivity index is 1.76. The molecular weight excluding hydrogens is 218 g/mol. The van der Waals surface area contributed by atoms with E-state index in [1.807, 2.05) is 0 Å². The summed E-state index contributed by atoms with van der Waals surface area (Å²) in [5, 5.41) is 8.42. The molecule has 0 bridgehead atoms. The van der Waals surface area contributed by atoms with Gasteiger partial charge in [-0.3, -0.25) is 0 Å². The van der Waals surface area contributed by atoms with Gasteiger partial charge in [0.25, 0.3) is 0 Å². The Labute approximate surface area is 113 Å². The molecular formula is C17H29N. The zero-order chi connectivity index (χ0) is 12.9. The Morgan fingerprint density at radius 1 is 0.889 bits per heavy atom. The van der Waals surface area contributed by atoms with E-state index in [9.17, 15) is 0 Å². The second-order valence-electron chi connectivity index (χ2n) is 5.68. The zero-order valence-electron chi connectivity index (χ0n) is 11.9.